The number of aliphatic hydroxyl groups is 1. The van der Waals surface area contributed by atoms with Gasteiger partial charge in [0.05, 0.1) is 12.1 Å². The Balaban J connectivity index is 3.05. The van der Waals surface area contributed by atoms with Gasteiger partial charge >= 0.3 is 0 Å². The maximum atomic E-state index is 13.1. The van der Waals surface area contributed by atoms with Gasteiger partial charge in [-0.2, -0.15) is 0 Å². The van der Waals surface area contributed by atoms with E-state index in [-0.39, 0.29) is 11.3 Å². The van der Waals surface area contributed by atoms with Gasteiger partial charge in [0.25, 0.3) is 0 Å². The lowest BCUT2D eigenvalue weighted by Gasteiger charge is -2.15. The first-order valence-corrected chi connectivity index (χ1v) is 3.94. The van der Waals surface area contributed by atoms with Crippen LogP contribution in [0.2, 0.25) is 0 Å². The minimum atomic E-state index is -0.851. The average Bonchev–Trinajstić information content (AvgIpc) is 2.08. The zero-order chi connectivity index (χ0) is 10.0. The van der Waals surface area contributed by atoms with Gasteiger partial charge in [-0.3, -0.25) is 0 Å². The van der Waals surface area contributed by atoms with Gasteiger partial charge in [-0.1, -0.05) is 0 Å². The molecule has 0 aliphatic heterocycles. The fourth-order valence-electron chi connectivity index (χ4n) is 1.05. The Morgan fingerprint density at radius 1 is 1.46 bits per heavy atom. The summed E-state index contributed by atoms with van der Waals surface area (Å²) in [6, 6.07) is 2.75. The number of aliphatic hydroxyl groups excluding tert-OH is 1. The molecule has 72 valence electrons. The molecule has 13 heavy (non-hydrogen) atoms. The molecule has 0 unspecified atom stereocenters. The van der Waals surface area contributed by atoms with Gasteiger partial charge in [-0.05, 0) is 25.1 Å². The summed E-state index contributed by atoms with van der Waals surface area (Å²) in [6.45, 7) is 1.47. The van der Waals surface area contributed by atoms with E-state index in [1.807, 2.05) is 0 Å². The van der Waals surface area contributed by atoms with Crippen LogP contribution < -0.4 is 5.73 Å². The molecule has 0 fully saturated rings. The standard InChI is InChI=1S/C9H12FNO2/c1-5(12)9(11)7-4-6(13)2-3-8(7)10/h2-5,9,12-13H,11H2,1H3/t5-,9-/m0/s1. The highest BCUT2D eigenvalue weighted by Crippen LogP contribution is 2.22. The van der Waals surface area contributed by atoms with Crippen molar-refractivity contribution in [2.75, 3.05) is 0 Å². The van der Waals surface area contributed by atoms with Crippen LogP contribution in [0.15, 0.2) is 18.2 Å². The average molecular weight is 185 g/mol. The number of nitrogens with two attached hydrogens (primary N) is 1. The molecular formula is C9H12FNO2. The SMILES string of the molecule is C[C@H](O)[C@H](N)c1cc(O)ccc1F. The molecule has 2 atom stereocenters. The van der Waals surface area contributed by atoms with Gasteiger partial charge in [-0.25, -0.2) is 4.39 Å². The van der Waals surface area contributed by atoms with Crippen LogP contribution in [0.4, 0.5) is 4.39 Å². The molecule has 0 aromatic heterocycles. The first-order valence-electron chi connectivity index (χ1n) is 3.94. The van der Waals surface area contributed by atoms with Gasteiger partial charge in [0.2, 0.25) is 0 Å². The van der Waals surface area contributed by atoms with Crippen molar-refractivity contribution in [2.24, 2.45) is 5.73 Å². The molecule has 4 N–H and O–H groups in total. The topological polar surface area (TPSA) is 66.5 Å². The Labute approximate surface area is 75.6 Å². The van der Waals surface area contributed by atoms with Crippen LogP contribution >= 0.6 is 0 Å². The third kappa shape index (κ3) is 2.17. The van der Waals surface area contributed by atoms with E-state index in [2.05, 4.69) is 0 Å². The summed E-state index contributed by atoms with van der Waals surface area (Å²) < 4.78 is 13.1. The highest BCUT2D eigenvalue weighted by atomic mass is 19.1. The van der Waals surface area contributed by atoms with E-state index in [4.69, 9.17) is 15.9 Å². The number of hydrogen-bond donors (Lipinski definition) is 3. The van der Waals surface area contributed by atoms with E-state index in [1.165, 1.54) is 19.1 Å². The van der Waals surface area contributed by atoms with Gasteiger partial charge in [0.15, 0.2) is 0 Å². The van der Waals surface area contributed by atoms with Crippen LogP contribution in [0.3, 0.4) is 0 Å². The molecule has 1 aromatic rings. The summed E-state index contributed by atoms with van der Waals surface area (Å²) in [4.78, 5) is 0. The van der Waals surface area contributed by atoms with Crippen LogP contribution in [0.25, 0.3) is 0 Å². The molecule has 3 nitrogen and oxygen atoms in total. The molecule has 4 heteroatoms. The van der Waals surface area contributed by atoms with Gasteiger partial charge in [0.1, 0.15) is 11.6 Å². The van der Waals surface area contributed by atoms with E-state index in [0.717, 1.165) is 6.07 Å². The highest BCUT2D eigenvalue weighted by Gasteiger charge is 2.16. The van der Waals surface area contributed by atoms with Crippen LogP contribution in [0.5, 0.6) is 5.75 Å². The van der Waals surface area contributed by atoms with Crippen molar-refractivity contribution in [3.8, 4) is 5.75 Å². The predicted octanol–water partition coefficient (Wildman–Crippen LogP) is 0.912. The molecule has 0 bridgehead atoms. The van der Waals surface area contributed by atoms with Crippen molar-refractivity contribution in [3.63, 3.8) is 0 Å². The number of phenols is 1. The predicted molar refractivity (Wildman–Crippen MR) is 46.7 cm³/mol. The van der Waals surface area contributed by atoms with Crippen molar-refractivity contribution in [1.29, 1.82) is 0 Å². The molecule has 1 rings (SSSR count). The second kappa shape index (κ2) is 3.72. The number of hydrogen-bond acceptors (Lipinski definition) is 3. The lowest BCUT2D eigenvalue weighted by Crippen LogP contribution is -2.24. The summed E-state index contributed by atoms with van der Waals surface area (Å²) in [5.74, 6) is -0.585. The van der Waals surface area contributed by atoms with Crippen molar-refractivity contribution >= 4 is 0 Å². The first kappa shape index (κ1) is 9.95. The molecule has 0 aliphatic carbocycles. The summed E-state index contributed by atoms with van der Waals surface area (Å²) >= 11 is 0. The van der Waals surface area contributed by atoms with Crippen molar-refractivity contribution < 1.29 is 14.6 Å². The maximum Gasteiger partial charge on any atom is 0.128 e. The monoisotopic (exact) mass is 185 g/mol. The quantitative estimate of drug-likeness (QED) is 0.641. The summed E-state index contributed by atoms with van der Waals surface area (Å²) in [5, 5.41) is 18.2. The molecule has 0 aliphatic rings. The minimum Gasteiger partial charge on any atom is -0.508 e. The Kier molecular flexibility index (Phi) is 2.85. The number of halogens is 1. The van der Waals surface area contributed by atoms with Crippen molar-refractivity contribution in [1.82, 2.24) is 0 Å². The second-order valence-corrected chi connectivity index (χ2v) is 2.97. The molecule has 1 aromatic carbocycles. The Morgan fingerprint density at radius 3 is 2.62 bits per heavy atom. The van der Waals surface area contributed by atoms with Gasteiger partial charge in [0, 0.05) is 5.56 Å². The largest absolute Gasteiger partial charge is 0.508 e. The Morgan fingerprint density at radius 2 is 2.08 bits per heavy atom. The number of phenolic OH excluding ortho intramolecular Hbond substituents is 1. The molecule has 0 spiro atoms. The normalized spacial score (nSPS) is 15.4. The maximum absolute atomic E-state index is 13.1. The van der Waals surface area contributed by atoms with Crippen LogP contribution in [-0.2, 0) is 0 Å². The van der Waals surface area contributed by atoms with E-state index in [9.17, 15) is 4.39 Å². The van der Waals surface area contributed by atoms with E-state index in [0.29, 0.717) is 0 Å². The van der Waals surface area contributed by atoms with E-state index < -0.39 is 18.0 Å². The fraction of sp³-hybridized carbons (Fsp3) is 0.333. The lowest BCUT2D eigenvalue weighted by molar-refractivity contribution is 0.162. The fourth-order valence-corrected chi connectivity index (χ4v) is 1.05. The van der Waals surface area contributed by atoms with Crippen LogP contribution in [-0.4, -0.2) is 16.3 Å². The van der Waals surface area contributed by atoms with Gasteiger partial charge < -0.3 is 15.9 Å². The van der Waals surface area contributed by atoms with E-state index in [1.54, 1.807) is 0 Å². The second-order valence-electron chi connectivity index (χ2n) is 2.97. The first-order chi connectivity index (χ1) is 6.02. The minimum absolute atomic E-state index is 0.0625. The summed E-state index contributed by atoms with van der Waals surface area (Å²) in [7, 11) is 0. The highest BCUT2D eigenvalue weighted by molar-refractivity contribution is 5.31. The smallest absolute Gasteiger partial charge is 0.128 e. The molecule has 0 saturated carbocycles. The summed E-state index contributed by atoms with van der Waals surface area (Å²) in [6.07, 6.45) is -0.851. The lowest BCUT2D eigenvalue weighted by atomic mass is 10.0. The third-order valence-corrected chi connectivity index (χ3v) is 1.86. The third-order valence-electron chi connectivity index (χ3n) is 1.86. The zero-order valence-corrected chi connectivity index (χ0v) is 7.24. The molecule has 0 saturated heterocycles. The van der Waals surface area contributed by atoms with Crippen LogP contribution in [0.1, 0.15) is 18.5 Å². The molecule has 0 heterocycles. The van der Waals surface area contributed by atoms with Gasteiger partial charge in [-0.15, -0.1) is 0 Å². The Bertz CT molecular complexity index is 302. The number of rotatable bonds is 2. The Hall–Kier alpha value is -1.13. The number of benzene rings is 1. The van der Waals surface area contributed by atoms with E-state index >= 15 is 0 Å². The summed E-state index contributed by atoms with van der Waals surface area (Å²) in [5.41, 5.74) is 5.63. The number of aromatic hydroxyl groups is 1. The van der Waals surface area contributed by atoms with Crippen molar-refractivity contribution in [3.05, 3.63) is 29.6 Å². The molecular weight excluding hydrogens is 173 g/mol. The molecule has 0 radical (unpaired) electrons. The van der Waals surface area contributed by atoms with Crippen LogP contribution in [0, 0.1) is 5.82 Å². The molecule has 0 amide bonds. The zero-order valence-electron chi connectivity index (χ0n) is 7.24. The van der Waals surface area contributed by atoms with Crippen molar-refractivity contribution in [2.45, 2.75) is 19.1 Å².